The first-order chi connectivity index (χ1) is 12.5. The minimum absolute atomic E-state index is 0.0446. The van der Waals surface area contributed by atoms with Crippen molar-refractivity contribution in [2.24, 2.45) is 0 Å². The number of urea groups is 1. The van der Waals surface area contributed by atoms with Gasteiger partial charge in [-0.05, 0) is 42.5 Å². The molecule has 0 unspecified atom stereocenters. The van der Waals surface area contributed by atoms with Crippen molar-refractivity contribution in [2.45, 2.75) is 32.0 Å². The van der Waals surface area contributed by atoms with Gasteiger partial charge in [-0.2, -0.15) is 0 Å². The van der Waals surface area contributed by atoms with Gasteiger partial charge in [-0.15, -0.1) is 5.10 Å². The molecule has 140 valence electrons. The number of ether oxygens (including phenoxy) is 1. The SMILES string of the molecule is CO[C@@H]1CN(C(C)C)C[C@H]1NC(=O)Nc1cc(-n2cnnn2)ccc1F. The molecule has 1 aromatic heterocycles. The largest absolute Gasteiger partial charge is 0.378 e. The molecule has 1 aliphatic rings. The molecule has 2 heterocycles. The van der Waals surface area contributed by atoms with Crippen LogP contribution in [0.3, 0.4) is 0 Å². The molecule has 26 heavy (non-hydrogen) atoms. The lowest BCUT2D eigenvalue weighted by molar-refractivity contribution is 0.0896. The molecule has 9 nitrogen and oxygen atoms in total. The highest BCUT2D eigenvalue weighted by molar-refractivity contribution is 5.90. The van der Waals surface area contributed by atoms with Gasteiger partial charge in [-0.1, -0.05) is 0 Å². The summed E-state index contributed by atoms with van der Waals surface area (Å²) < 4.78 is 20.9. The number of nitrogens with one attached hydrogen (secondary N) is 2. The van der Waals surface area contributed by atoms with Crippen LogP contribution in [-0.2, 0) is 4.74 Å². The molecule has 1 aromatic carbocycles. The Balaban J connectivity index is 1.67. The number of amides is 2. The summed E-state index contributed by atoms with van der Waals surface area (Å²) in [4.78, 5) is 14.6. The van der Waals surface area contributed by atoms with Crippen molar-refractivity contribution < 1.29 is 13.9 Å². The summed E-state index contributed by atoms with van der Waals surface area (Å²) in [5, 5.41) is 16.2. The zero-order chi connectivity index (χ0) is 18.7. The van der Waals surface area contributed by atoms with E-state index in [1.165, 1.54) is 29.2 Å². The number of aromatic nitrogens is 4. The summed E-state index contributed by atoms with van der Waals surface area (Å²) in [5.41, 5.74) is 0.580. The molecule has 0 radical (unpaired) electrons. The summed E-state index contributed by atoms with van der Waals surface area (Å²) in [6.07, 6.45) is 1.28. The van der Waals surface area contributed by atoms with E-state index >= 15 is 0 Å². The Morgan fingerprint density at radius 3 is 2.85 bits per heavy atom. The van der Waals surface area contributed by atoms with Crippen LogP contribution in [0, 0.1) is 5.82 Å². The number of tetrazole rings is 1. The van der Waals surface area contributed by atoms with Crippen molar-refractivity contribution in [1.82, 2.24) is 30.4 Å². The molecular formula is C16H22FN7O2. The quantitative estimate of drug-likeness (QED) is 0.824. The minimum atomic E-state index is -0.546. The van der Waals surface area contributed by atoms with Gasteiger partial charge < -0.3 is 15.4 Å². The molecule has 2 aromatic rings. The fourth-order valence-corrected chi connectivity index (χ4v) is 2.96. The average Bonchev–Trinajstić information content (AvgIpc) is 3.26. The van der Waals surface area contributed by atoms with E-state index in [0.29, 0.717) is 18.3 Å². The summed E-state index contributed by atoms with van der Waals surface area (Å²) in [6, 6.07) is 3.93. The fourth-order valence-electron chi connectivity index (χ4n) is 2.96. The van der Waals surface area contributed by atoms with Gasteiger partial charge in [0.15, 0.2) is 0 Å². The number of benzene rings is 1. The molecule has 1 aliphatic heterocycles. The topological polar surface area (TPSA) is 97.2 Å². The third-order valence-electron chi connectivity index (χ3n) is 4.46. The second kappa shape index (κ2) is 7.75. The standard InChI is InChI=1S/C16H22FN7O2/c1-10(2)23-7-14(15(8-23)26-3)20-16(25)19-13-6-11(4-5-12(13)17)24-9-18-21-22-24/h4-6,9-10,14-15H,7-8H2,1-3H3,(H2,19,20,25)/t14-,15-/m1/s1. The second-order valence-corrected chi connectivity index (χ2v) is 6.45. The summed E-state index contributed by atoms with van der Waals surface area (Å²) >= 11 is 0. The van der Waals surface area contributed by atoms with Crippen molar-refractivity contribution in [3.8, 4) is 5.69 Å². The number of anilines is 1. The van der Waals surface area contributed by atoms with Crippen LogP contribution in [0.2, 0.25) is 0 Å². The van der Waals surface area contributed by atoms with Gasteiger partial charge >= 0.3 is 6.03 Å². The maximum Gasteiger partial charge on any atom is 0.319 e. The second-order valence-electron chi connectivity index (χ2n) is 6.45. The molecule has 0 saturated carbocycles. The molecule has 0 bridgehead atoms. The molecule has 2 atom stereocenters. The molecule has 2 amide bonds. The van der Waals surface area contributed by atoms with Crippen LogP contribution in [0.5, 0.6) is 0 Å². The number of nitrogens with zero attached hydrogens (tertiary/aromatic N) is 5. The van der Waals surface area contributed by atoms with E-state index < -0.39 is 11.8 Å². The van der Waals surface area contributed by atoms with Crippen LogP contribution in [0.1, 0.15) is 13.8 Å². The Bertz CT molecular complexity index is 753. The smallest absolute Gasteiger partial charge is 0.319 e. The highest BCUT2D eigenvalue weighted by atomic mass is 19.1. The number of hydrogen-bond acceptors (Lipinski definition) is 6. The van der Waals surface area contributed by atoms with E-state index in [0.717, 1.165) is 6.54 Å². The number of rotatable bonds is 5. The number of hydrogen-bond donors (Lipinski definition) is 2. The Morgan fingerprint density at radius 1 is 1.38 bits per heavy atom. The molecule has 1 saturated heterocycles. The van der Waals surface area contributed by atoms with Crippen molar-refractivity contribution >= 4 is 11.7 Å². The van der Waals surface area contributed by atoms with E-state index in [1.807, 2.05) is 0 Å². The van der Waals surface area contributed by atoms with Crippen molar-refractivity contribution in [3.63, 3.8) is 0 Å². The Kier molecular flexibility index (Phi) is 5.43. The third kappa shape index (κ3) is 3.97. The lowest BCUT2D eigenvalue weighted by atomic mass is 10.2. The van der Waals surface area contributed by atoms with Crippen LogP contribution in [0.25, 0.3) is 5.69 Å². The summed E-state index contributed by atoms with van der Waals surface area (Å²) in [7, 11) is 1.62. The van der Waals surface area contributed by atoms with E-state index in [-0.39, 0.29) is 17.8 Å². The normalized spacial score (nSPS) is 20.5. The maximum absolute atomic E-state index is 14.1. The van der Waals surface area contributed by atoms with E-state index in [1.54, 1.807) is 7.11 Å². The Labute approximate surface area is 150 Å². The van der Waals surface area contributed by atoms with E-state index in [9.17, 15) is 9.18 Å². The average molecular weight is 363 g/mol. The molecule has 0 spiro atoms. The van der Waals surface area contributed by atoms with Crippen molar-refractivity contribution in [3.05, 3.63) is 30.3 Å². The van der Waals surface area contributed by atoms with E-state index in [4.69, 9.17) is 4.74 Å². The molecule has 10 heteroatoms. The predicted molar refractivity (Wildman–Crippen MR) is 92.6 cm³/mol. The monoisotopic (exact) mass is 363 g/mol. The third-order valence-corrected chi connectivity index (χ3v) is 4.46. The zero-order valence-electron chi connectivity index (χ0n) is 14.9. The highest BCUT2D eigenvalue weighted by Crippen LogP contribution is 2.19. The Morgan fingerprint density at radius 2 is 2.19 bits per heavy atom. The molecule has 0 aliphatic carbocycles. The molecular weight excluding hydrogens is 341 g/mol. The van der Waals surface area contributed by atoms with Crippen LogP contribution in [0.15, 0.2) is 24.5 Å². The van der Waals surface area contributed by atoms with Crippen LogP contribution in [-0.4, -0.2) is 69.5 Å². The van der Waals surface area contributed by atoms with Gasteiger partial charge in [0, 0.05) is 26.2 Å². The number of halogens is 1. The van der Waals surface area contributed by atoms with Crippen molar-refractivity contribution in [2.75, 3.05) is 25.5 Å². The fraction of sp³-hybridized carbons (Fsp3) is 0.500. The maximum atomic E-state index is 14.1. The van der Waals surface area contributed by atoms with Crippen molar-refractivity contribution in [1.29, 1.82) is 0 Å². The van der Waals surface area contributed by atoms with Gasteiger partial charge in [0.1, 0.15) is 12.1 Å². The van der Waals surface area contributed by atoms with Crippen LogP contribution in [0.4, 0.5) is 14.9 Å². The van der Waals surface area contributed by atoms with Gasteiger partial charge in [0.25, 0.3) is 0 Å². The first-order valence-electron chi connectivity index (χ1n) is 8.35. The first-order valence-corrected chi connectivity index (χ1v) is 8.35. The van der Waals surface area contributed by atoms with Crippen LogP contribution >= 0.6 is 0 Å². The lowest BCUT2D eigenvalue weighted by Gasteiger charge is -2.20. The predicted octanol–water partition coefficient (Wildman–Crippen LogP) is 1.03. The molecule has 2 N–H and O–H groups in total. The number of carbonyl (C=O) groups is 1. The van der Waals surface area contributed by atoms with Crippen LogP contribution < -0.4 is 10.6 Å². The highest BCUT2D eigenvalue weighted by Gasteiger charge is 2.35. The molecule has 1 fully saturated rings. The zero-order valence-corrected chi connectivity index (χ0v) is 14.9. The Hall–Kier alpha value is -2.59. The minimum Gasteiger partial charge on any atom is -0.378 e. The first kappa shape index (κ1) is 18.2. The summed E-state index contributed by atoms with van der Waals surface area (Å²) in [6.45, 7) is 5.60. The van der Waals surface area contributed by atoms with Gasteiger partial charge in [0.2, 0.25) is 0 Å². The number of likely N-dealkylation sites (tertiary alicyclic amines) is 1. The van der Waals surface area contributed by atoms with Gasteiger partial charge in [-0.25, -0.2) is 13.9 Å². The number of methoxy groups -OCH3 is 1. The number of carbonyl (C=O) groups excluding carboxylic acids is 1. The van der Waals surface area contributed by atoms with E-state index in [2.05, 4.69) is 44.9 Å². The molecule has 3 rings (SSSR count). The van der Waals surface area contributed by atoms with Gasteiger partial charge in [-0.3, -0.25) is 4.90 Å². The summed E-state index contributed by atoms with van der Waals surface area (Å²) in [5.74, 6) is -0.546. The lowest BCUT2D eigenvalue weighted by Crippen LogP contribution is -2.45. The van der Waals surface area contributed by atoms with Gasteiger partial charge in [0.05, 0.1) is 23.5 Å².